The highest BCUT2D eigenvalue weighted by molar-refractivity contribution is 5.92. The molecule has 2 atom stereocenters. The summed E-state index contributed by atoms with van der Waals surface area (Å²) in [5.74, 6) is -3.49. The first-order valence-electron chi connectivity index (χ1n) is 13.8. The number of carbonyl (C=O) groups excluding carboxylic acids is 3. The van der Waals surface area contributed by atoms with Crippen molar-refractivity contribution in [2.24, 2.45) is 5.92 Å². The molecule has 4 amide bonds. The lowest BCUT2D eigenvalue weighted by Crippen LogP contribution is -2.48. The third-order valence-electron chi connectivity index (χ3n) is 8.29. The summed E-state index contributed by atoms with van der Waals surface area (Å²) in [5.41, 5.74) is -3.34. The molecule has 0 aliphatic carbocycles. The summed E-state index contributed by atoms with van der Waals surface area (Å²) < 4.78 is 120. The number of urea groups is 1. The van der Waals surface area contributed by atoms with Crippen LogP contribution in [0.2, 0.25) is 0 Å². The van der Waals surface area contributed by atoms with Gasteiger partial charge in [0.2, 0.25) is 5.91 Å². The summed E-state index contributed by atoms with van der Waals surface area (Å²) in [6.45, 7) is -0.158. The first-order valence-corrected chi connectivity index (χ1v) is 13.8. The predicted octanol–water partition coefficient (Wildman–Crippen LogP) is 5.85. The Bertz CT molecular complexity index is 1370. The summed E-state index contributed by atoms with van der Waals surface area (Å²) in [7, 11) is 2.31. The molecule has 0 spiro atoms. The number of piperidine rings is 1. The van der Waals surface area contributed by atoms with Gasteiger partial charge in [-0.25, -0.2) is 9.18 Å². The first kappa shape index (κ1) is 33.9. The number of nitrogens with zero attached hydrogens (tertiary/aromatic N) is 4. The summed E-state index contributed by atoms with van der Waals surface area (Å²) >= 11 is 0. The maximum absolute atomic E-state index is 13.7. The Kier molecular flexibility index (Phi) is 9.64. The van der Waals surface area contributed by atoms with Gasteiger partial charge in [0, 0.05) is 57.8 Å². The molecule has 45 heavy (non-hydrogen) atoms. The minimum atomic E-state index is -5.13. The zero-order valence-corrected chi connectivity index (χ0v) is 24.0. The molecule has 2 aromatic carbocycles. The number of hydrogen-bond donors (Lipinski definition) is 0. The molecular weight excluding hydrogens is 623 g/mol. The third kappa shape index (κ3) is 7.47. The van der Waals surface area contributed by atoms with Crippen LogP contribution in [-0.4, -0.2) is 85.3 Å². The number of likely N-dealkylation sites (N-methyl/N-ethyl adjacent to an activating group) is 1. The van der Waals surface area contributed by atoms with E-state index in [0.29, 0.717) is 22.6 Å². The van der Waals surface area contributed by atoms with Crippen LogP contribution in [0.1, 0.15) is 35.4 Å². The van der Waals surface area contributed by atoms with Crippen LogP contribution in [-0.2, 0) is 21.9 Å². The summed E-state index contributed by atoms with van der Waals surface area (Å²) in [6.07, 6.45) is -13.2. The Hall–Kier alpha value is -3.98. The molecule has 0 saturated carbocycles. The van der Waals surface area contributed by atoms with Crippen molar-refractivity contribution in [3.05, 3.63) is 65.0 Å². The SMILES string of the molecule is CN(C(=O)N(C)[C@@H]1CN(C(=O)C2CCN(C(=O)C(F)F)CC2)C[C@H]1c1ccc(F)cc1)c1cc(C(F)(F)F)cc(C(F)(F)F)c1. The minimum absolute atomic E-state index is 0.0361. The van der Waals surface area contributed by atoms with E-state index in [1.165, 1.54) is 36.2 Å². The Balaban J connectivity index is 1.58. The van der Waals surface area contributed by atoms with Crippen LogP contribution >= 0.6 is 0 Å². The van der Waals surface area contributed by atoms with Gasteiger partial charge in [-0.05, 0) is 48.7 Å². The van der Waals surface area contributed by atoms with Crippen molar-refractivity contribution in [3.8, 4) is 0 Å². The number of likely N-dealkylation sites (tertiary alicyclic amines) is 2. The van der Waals surface area contributed by atoms with Gasteiger partial charge in [0.15, 0.2) is 0 Å². The predicted molar refractivity (Wildman–Crippen MR) is 143 cm³/mol. The molecule has 16 heteroatoms. The fourth-order valence-corrected chi connectivity index (χ4v) is 5.76. The van der Waals surface area contributed by atoms with E-state index in [4.69, 9.17) is 0 Å². The molecule has 0 N–H and O–H groups in total. The third-order valence-corrected chi connectivity index (χ3v) is 8.29. The van der Waals surface area contributed by atoms with Gasteiger partial charge in [-0.3, -0.25) is 14.5 Å². The molecule has 2 aliphatic heterocycles. The highest BCUT2D eigenvalue weighted by Gasteiger charge is 2.44. The topological polar surface area (TPSA) is 64.2 Å². The van der Waals surface area contributed by atoms with E-state index in [9.17, 15) is 53.9 Å². The average molecular weight is 653 g/mol. The standard InChI is InChI=1S/C29H29F9N4O3/c1-39(21-12-18(28(33,34)35)11-19(13-21)29(36,37)38)27(45)40(2)23-15-42(14-22(23)16-3-5-20(30)6-4-16)25(43)17-7-9-41(10-8-17)26(44)24(31)32/h3-6,11-13,17,22-24H,7-10,14-15H2,1-2H3/t22-,23+/m0/s1. The van der Waals surface area contributed by atoms with Crippen LogP contribution in [0.4, 0.5) is 50.0 Å². The lowest BCUT2D eigenvalue weighted by atomic mass is 9.93. The van der Waals surface area contributed by atoms with E-state index in [0.717, 1.165) is 16.8 Å². The molecule has 4 rings (SSSR count). The van der Waals surface area contributed by atoms with Crippen molar-refractivity contribution in [2.75, 3.05) is 45.2 Å². The Labute approximate surface area is 252 Å². The second-order valence-electron chi connectivity index (χ2n) is 11.1. The van der Waals surface area contributed by atoms with Crippen molar-refractivity contribution in [3.63, 3.8) is 0 Å². The van der Waals surface area contributed by atoms with Crippen molar-refractivity contribution in [1.82, 2.24) is 14.7 Å². The monoisotopic (exact) mass is 652 g/mol. The average Bonchev–Trinajstić information content (AvgIpc) is 3.44. The van der Waals surface area contributed by atoms with E-state index in [1.807, 2.05) is 0 Å². The highest BCUT2D eigenvalue weighted by atomic mass is 19.4. The zero-order chi connectivity index (χ0) is 33.4. The molecule has 0 bridgehead atoms. The van der Waals surface area contributed by atoms with Gasteiger partial charge < -0.3 is 14.7 Å². The smallest absolute Gasteiger partial charge is 0.340 e. The maximum Gasteiger partial charge on any atom is 0.416 e. The molecule has 0 unspecified atom stereocenters. The number of anilines is 1. The fourth-order valence-electron chi connectivity index (χ4n) is 5.76. The lowest BCUT2D eigenvalue weighted by molar-refractivity contribution is -0.147. The lowest BCUT2D eigenvalue weighted by Gasteiger charge is -2.34. The molecule has 0 aromatic heterocycles. The van der Waals surface area contributed by atoms with Crippen molar-refractivity contribution in [1.29, 1.82) is 0 Å². The number of benzene rings is 2. The molecule has 2 fully saturated rings. The number of hydrogen-bond acceptors (Lipinski definition) is 3. The van der Waals surface area contributed by atoms with Gasteiger partial charge in [-0.1, -0.05) is 12.1 Å². The quantitative estimate of drug-likeness (QED) is 0.381. The molecule has 2 aliphatic rings. The highest BCUT2D eigenvalue weighted by Crippen LogP contribution is 2.39. The van der Waals surface area contributed by atoms with Gasteiger partial charge in [0.25, 0.3) is 5.91 Å². The number of carbonyl (C=O) groups is 3. The Morgan fingerprint density at radius 1 is 0.822 bits per heavy atom. The van der Waals surface area contributed by atoms with Crippen molar-refractivity contribution in [2.45, 2.75) is 43.6 Å². The number of amides is 4. The number of halogens is 9. The molecular formula is C29H29F9N4O3. The van der Waals surface area contributed by atoms with Crippen LogP contribution in [0, 0.1) is 11.7 Å². The molecule has 0 radical (unpaired) electrons. The van der Waals surface area contributed by atoms with Crippen LogP contribution in [0.3, 0.4) is 0 Å². The van der Waals surface area contributed by atoms with Gasteiger partial charge in [0.1, 0.15) is 5.82 Å². The van der Waals surface area contributed by atoms with E-state index in [-0.39, 0.29) is 51.0 Å². The van der Waals surface area contributed by atoms with Crippen LogP contribution in [0.15, 0.2) is 42.5 Å². The van der Waals surface area contributed by atoms with E-state index < -0.39 is 71.2 Å². The molecule has 2 aromatic rings. The Morgan fingerprint density at radius 2 is 1.36 bits per heavy atom. The van der Waals surface area contributed by atoms with Crippen LogP contribution in [0.5, 0.6) is 0 Å². The van der Waals surface area contributed by atoms with Gasteiger partial charge in [0.05, 0.1) is 17.2 Å². The number of alkyl halides is 8. The second-order valence-corrected chi connectivity index (χ2v) is 11.1. The van der Waals surface area contributed by atoms with Crippen molar-refractivity contribution < 1.29 is 53.9 Å². The summed E-state index contributed by atoms with van der Waals surface area (Å²) in [6, 6.07) is 4.23. The van der Waals surface area contributed by atoms with Crippen molar-refractivity contribution >= 4 is 23.5 Å². The fraction of sp³-hybridized carbons (Fsp3) is 0.483. The van der Waals surface area contributed by atoms with Gasteiger partial charge >= 0.3 is 24.8 Å². The molecule has 2 saturated heterocycles. The normalized spacial score (nSPS) is 19.6. The van der Waals surface area contributed by atoms with E-state index >= 15 is 0 Å². The summed E-state index contributed by atoms with van der Waals surface area (Å²) in [5, 5.41) is 0. The maximum atomic E-state index is 13.7. The van der Waals surface area contributed by atoms with E-state index in [2.05, 4.69) is 0 Å². The van der Waals surface area contributed by atoms with Crippen LogP contribution in [0.25, 0.3) is 0 Å². The molecule has 2 heterocycles. The summed E-state index contributed by atoms with van der Waals surface area (Å²) in [4.78, 5) is 42.8. The van der Waals surface area contributed by atoms with Gasteiger partial charge in [-0.15, -0.1) is 0 Å². The van der Waals surface area contributed by atoms with Gasteiger partial charge in [-0.2, -0.15) is 35.1 Å². The second kappa shape index (κ2) is 12.8. The Morgan fingerprint density at radius 3 is 1.84 bits per heavy atom. The molecule has 246 valence electrons. The minimum Gasteiger partial charge on any atom is -0.340 e. The number of rotatable bonds is 5. The van der Waals surface area contributed by atoms with E-state index in [1.54, 1.807) is 0 Å². The van der Waals surface area contributed by atoms with Crippen LogP contribution < -0.4 is 4.90 Å². The largest absolute Gasteiger partial charge is 0.416 e. The zero-order valence-electron chi connectivity index (χ0n) is 24.0. The molecule has 7 nitrogen and oxygen atoms in total. The first-order chi connectivity index (χ1) is 20.9.